The van der Waals surface area contributed by atoms with E-state index in [4.69, 9.17) is 6.42 Å². The highest BCUT2D eigenvalue weighted by Crippen LogP contribution is 2.19. The van der Waals surface area contributed by atoms with Crippen molar-refractivity contribution in [3.05, 3.63) is 29.8 Å². The van der Waals surface area contributed by atoms with Crippen LogP contribution in [0.4, 0.5) is 0 Å². The number of hydrogen-bond donors (Lipinski definition) is 1. The van der Waals surface area contributed by atoms with Gasteiger partial charge in [-0.3, -0.25) is 0 Å². The molecule has 1 N–H and O–H groups in total. The monoisotopic (exact) mass is 265 g/mol. The second-order valence-corrected chi connectivity index (χ2v) is 6.03. The van der Waals surface area contributed by atoms with Crippen molar-refractivity contribution in [2.75, 3.05) is 0 Å². The fourth-order valence-corrected chi connectivity index (χ4v) is 3.14. The minimum Gasteiger partial charge on any atom is -0.207 e. The molecule has 98 valence electrons. The first kappa shape index (κ1) is 14.7. The molecule has 1 aromatic rings. The molecule has 0 heterocycles. The van der Waals surface area contributed by atoms with Gasteiger partial charge >= 0.3 is 0 Å². The van der Waals surface area contributed by atoms with Crippen LogP contribution in [0.2, 0.25) is 0 Å². The van der Waals surface area contributed by atoms with E-state index >= 15 is 0 Å². The number of rotatable bonds is 5. The molecular weight excluding hydrogens is 246 g/mol. The van der Waals surface area contributed by atoms with Crippen molar-refractivity contribution in [1.82, 2.24) is 4.72 Å². The van der Waals surface area contributed by atoms with E-state index < -0.39 is 15.6 Å². The lowest BCUT2D eigenvalue weighted by Gasteiger charge is -2.26. The number of nitrogens with one attached hydrogen (secondary N) is 1. The number of terminal acetylenes is 1. The Bertz CT molecular complexity index is 534. The molecule has 0 fully saturated rings. The molecule has 1 rings (SSSR count). The molecule has 3 nitrogen and oxygen atoms in total. The molecule has 0 aliphatic heterocycles. The van der Waals surface area contributed by atoms with E-state index in [9.17, 15) is 8.42 Å². The number of sulfonamides is 1. The van der Waals surface area contributed by atoms with E-state index in [0.29, 0.717) is 12.8 Å². The van der Waals surface area contributed by atoms with Gasteiger partial charge in [0.05, 0.1) is 10.4 Å². The van der Waals surface area contributed by atoms with E-state index in [1.165, 1.54) is 0 Å². The summed E-state index contributed by atoms with van der Waals surface area (Å²) in [6.45, 7) is 5.66. The van der Waals surface area contributed by atoms with Crippen molar-refractivity contribution in [1.29, 1.82) is 0 Å². The minimum absolute atomic E-state index is 0.245. The lowest BCUT2D eigenvalue weighted by Crippen LogP contribution is -2.46. The summed E-state index contributed by atoms with van der Waals surface area (Å²) in [6.07, 6.45) is 6.58. The summed E-state index contributed by atoms with van der Waals surface area (Å²) in [6, 6.07) is 6.71. The predicted octanol–water partition coefficient (Wildman–Crippen LogP) is 2.47. The Kier molecular flexibility index (Phi) is 4.55. The summed E-state index contributed by atoms with van der Waals surface area (Å²) in [5.74, 6) is 2.56. The predicted molar refractivity (Wildman–Crippen MR) is 73.6 cm³/mol. The molecule has 4 heteroatoms. The summed E-state index contributed by atoms with van der Waals surface area (Å²) >= 11 is 0. The highest BCUT2D eigenvalue weighted by Gasteiger charge is 2.29. The fourth-order valence-electron chi connectivity index (χ4n) is 1.66. The molecule has 0 aliphatic carbocycles. The maximum Gasteiger partial charge on any atom is 0.241 e. The Hall–Kier alpha value is -1.31. The third kappa shape index (κ3) is 3.12. The van der Waals surface area contributed by atoms with Gasteiger partial charge in [0, 0.05) is 0 Å². The molecule has 0 aromatic heterocycles. The number of aryl methyl sites for hydroxylation is 1. The fraction of sp³-hybridized carbons (Fsp3) is 0.429. The van der Waals surface area contributed by atoms with E-state index in [1.54, 1.807) is 24.3 Å². The zero-order valence-corrected chi connectivity index (χ0v) is 11.8. The molecule has 0 unspecified atom stereocenters. The van der Waals surface area contributed by atoms with Crippen molar-refractivity contribution in [3.8, 4) is 12.3 Å². The van der Waals surface area contributed by atoms with E-state index in [-0.39, 0.29) is 4.90 Å². The maximum absolute atomic E-state index is 12.2. The van der Waals surface area contributed by atoms with Crippen molar-refractivity contribution in [3.63, 3.8) is 0 Å². The highest BCUT2D eigenvalue weighted by molar-refractivity contribution is 7.89. The number of benzene rings is 1. The second kappa shape index (κ2) is 5.55. The molecular formula is C14H19NO2S. The van der Waals surface area contributed by atoms with Crippen LogP contribution in [-0.2, 0) is 10.0 Å². The Balaban J connectivity index is 3.09. The van der Waals surface area contributed by atoms with Crippen molar-refractivity contribution in [2.45, 2.75) is 44.0 Å². The van der Waals surface area contributed by atoms with Gasteiger partial charge in [0.2, 0.25) is 10.0 Å². The first-order chi connectivity index (χ1) is 8.39. The molecule has 0 atom stereocenters. The van der Waals surface area contributed by atoms with Crippen LogP contribution >= 0.6 is 0 Å². The topological polar surface area (TPSA) is 46.2 Å². The zero-order chi connectivity index (χ0) is 13.8. The lowest BCUT2D eigenvalue weighted by atomic mass is 9.96. The summed E-state index contributed by atoms with van der Waals surface area (Å²) in [5, 5.41) is 0. The first-order valence-corrected chi connectivity index (χ1v) is 7.46. The van der Waals surface area contributed by atoms with Gasteiger partial charge in [-0.1, -0.05) is 37.5 Å². The largest absolute Gasteiger partial charge is 0.241 e. The van der Waals surface area contributed by atoms with Crippen LogP contribution in [0, 0.1) is 19.3 Å². The van der Waals surface area contributed by atoms with Crippen LogP contribution in [0.3, 0.4) is 0 Å². The molecule has 0 aliphatic rings. The Labute approximate surface area is 110 Å². The van der Waals surface area contributed by atoms with E-state index in [1.807, 2.05) is 20.8 Å². The van der Waals surface area contributed by atoms with Crippen molar-refractivity contribution < 1.29 is 8.42 Å². The quantitative estimate of drug-likeness (QED) is 0.831. The van der Waals surface area contributed by atoms with Gasteiger partial charge in [0.1, 0.15) is 0 Å². The summed E-state index contributed by atoms with van der Waals surface area (Å²) in [5.41, 5.74) is 0.215. The second-order valence-electron chi connectivity index (χ2n) is 4.35. The average Bonchev–Trinajstić information content (AvgIpc) is 2.37. The Morgan fingerprint density at radius 1 is 1.22 bits per heavy atom. The molecule has 0 spiro atoms. The van der Waals surface area contributed by atoms with E-state index in [2.05, 4.69) is 10.6 Å². The van der Waals surface area contributed by atoms with Gasteiger partial charge in [-0.15, -0.1) is 6.42 Å². The smallest absolute Gasteiger partial charge is 0.207 e. The van der Waals surface area contributed by atoms with Gasteiger partial charge in [-0.2, -0.15) is 4.72 Å². The third-order valence-corrected chi connectivity index (χ3v) is 4.70. The van der Waals surface area contributed by atoms with Gasteiger partial charge in [0.15, 0.2) is 0 Å². The molecule has 18 heavy (non-hydrogen) atoms. The van der Waals surface area contributed by atoms with Crippen molar-refractivity contribution >= 4 is 10.0 Å². The first-order valence-electron chi connectivity index (χ1n) is 5.97. The summed E-state index contributed by atoms with van der Waals surface area (Å²) in [4.78, 5) is 0.245. The standard InChI is InChI=1S/C14H19NO2S/c1-5-14(6-2,7-3)15-18(16,17)13-10-8-12(4)9-11-13/h1,8-11,15H,6-7H2,2-4H3. The third-order valence-electron chi connectivity index (χ3n) is 3.14. The molecule has 0 amide bonds. The molecule has 0 saturated heterocycles. The van der Waals surface area contributed by atoms with Crippen LogP contribution < -0.4 is 4.72 Å². The summed E-state index contributed by atoms with van der Waals surface area (Å²) < 4.78 is 27.1. The van der Waals surface area contributed by atoms with Gasteiger partial charge < -0.3 is 0 Å². The van der Waals surface area contributed by atoms with Gasteiger partial charge in [-0.05, 0) is 31.9 Å². The average molecular weight is 265 g/mol. The van der Waals surface area contributed by atoms with Crippen molar-refractivity contribution in [2.24, 2.45) is 0 Å². The zero-order valence-electron chi connectivity index (χ0n) is 11.0. The van der Waals surface area contributed by atoms with Crippen LogP contribution in [0.1, 0.15) is 32.3 Å². The van der Waals surface area contributed by atoms with E-state index in [0.717, 1.165) is 5.56 Å². The van der Waals surface area contributed by atoms with Gasteiger partial charge in [0.25, 0.3) is 0 Å². The molecule has 0 radical (unpaired) electrons. The molecule has 1 aromatic carbocycles. The van der Waals surface area contributed by atoms with Crippen LogP contribution in [0.5, 0.6) is 0 Å². The highest BCUT2D eigenvalue weighted by atomic mass is 32.2. The van der Waals surface area contributed by atoms with Crippen LogP contribution in [-0.4, -0.2) is 14.0 Å². The van der Waals surface area contributed by atoms with Crippen LogP contribution in [0.15, 0.2) is 29.2 Å². The Morgan fingerprint density at radius 3 is 2.11 bits per heavy atom. The normalized spacial score (nSPS) is 12.1. The number of hydrogen-bond acceptors (Lipinski definition) is 2. The SMILES string of the molecule is C#CC(CC)(CC)NS(=O)(=O)c1ccc(C)cc1. The van der Waals surface area contributed by atoms with Gasteiger partial charge in [-0.25, -0.2) is 8.42 Å². The molecule has 0 bridgehead atoms. The lowest BCUT2D eigenvalue weighted by molar-refractivity contribution is 0.451. The minimum atomic E-state index is -3.56. The molecule has 0 saturated carbocycles. The maximum atomic E-state index is 12.2. The Morgan fingerprint density at radius 2 is 1.72 bits per heavy atom. The van der Waals surface area contributed by atoms with Crippen LogP contribution in [0.25, 0.3) is 0 Å². The summed E-state index contributed by atoms with van der Waals surface area (Å²) in [7, 11) is -3.56.